The Balaban J connectivity index is 3.23. The van der Waals surface area contributed by atoms with Gasteiger partial charge >= 0.3 is 5.69 Å². The molecule has 0 saturated heterocycles. The summed E-state index contributed by atoms with van der Waals surface area (Å²) in [6.07, 6.45) is 3.20. The molecule has 106 valence electrons. The zero-order chi connectivity index (χ0) is 14.3. The summed E-state index contributed by atoms with van der Waals surface area (Å²) in [4.78, 5) is 20.9. The van der Waals surface area contributed by atoms with E-state index in [4.69, 9.17) is 0 Å². The van der Waals surface area contributed by atoms with Crippen LogP contribution in [0.15, 0.2) is 6.33 Å². The number of aromatic nitrogens is 2. The molecular weight excluding hydrogens is 246 g/mol. The van der Waals surface area contributed by atoms with E-state index in [2.05, 4.69) is 15.3 Å². The number of nitrogens with zero attached hydrogens (tertiary/aromatic N) is 4. The Morgan fingerprint density at radius 3 is 2.37 bits per heavy atom. The molecule has 0 aliphatic carbocycles. The van der Waals surface area contributed by atoms with Crippen LogP contribution in [0, 0.1) is 10.1 Å². The number of nitro groups is 1. The van der Waals surface area contributed by atoms with Crippen LogP contribution in [0.2, 0.25) is 0 Å². The minimum absolute atomic E-state index is 0.0359. The van der Waals surface area contributed by atoms with E-state index >= 15 is 0 Å². The molecule has 1 aromatic rings. The Hall–Kier alpha value is -1.92. The van der Waals surface area contributed by atoms with Gasteiger partial charge in [-0.1, -0.05) is 13.8 Å². The molecule has 7 nitrogen and oxygen atoms in total. The van der Waals surface area contributed by atoms with Crippen molar-refractivity contribution in [1.82, 2.24) is 9.97 Å². The largest absolute Gasteiger partial charge is 0.364 e. The lowest BCUT2D eigenvalue weighted by Crippen LogP contribution is -2.27. The van der Waals surface area contributed by atoms with Gasteiger partial charge in [0.05, 0.1) is 4.92 Å². The summed E-state index contributed by atoms with van der Waals surface area (Å²) in [7, 11) is 0. The van der Waals surface area contributed by atoms with Crippen molar-refractivity contribution in [3.63, 3.8) is 0 Å². The van der Waals surface area contributed by atoms with E-state index in [1.807, 2.05) is 25.7 Å². The Bertz CT molecular complexity index is 419. The molecule has 0 aliphatic heterocycles. The molecule has 0 saturated carbocycles. The van der Waals surface area contributed by atoms with Crippen LogP contribution in [-0.2, 0) is 0 Å². The molecule has 0 fully saturated rings. The lowest BCUT2D eigenvalue weighted by molar-refractivity contribution is -0.383. The third-order valence-corrected chi connectivity index (χ3v) is 2.62. The van der Waals surface area contributed by atoms with Crippen LogP contribution in [0.4, 0.5) is 17.3 Å². The van der Waals surface area contributed by atoms with Gasteiger partial charge in [-0.3, -0.25) is 10.1 Å². The van der Waals surface area contributed by atoms with E-state index in [1.54, 1.807) is 0 Å². The van der Waals surface area contributed by atoms with E-state index in [0.717, 1.165) is 25.9 Å². The summed E-state index contributed by atoms with van der Waals surface area (Å²) in [6.45, 7) is 8.04. The first-order valence-corrected chi connectivity index (χ1v) is 6.63. The second-order valence-corrected chi connectivity index (χ2v) is 4.17. The van der Waals surface area contributed by atoms with Gasteiger partial charge in [0.25, 0.3) is 0 Å². The summed E-state index contributed by atoms with van der Waals surface area (Å²) in [5.74, 6) is 0.689. The summed E-state index contributed by atoms with van der Waals surface area (Å²) >= 11 is 0. The fourth-order valence-corrected chi connectivity index (χ4v) is 1.93. The molecule has 19 heavy (non-hydrogen) atoms. The molecule has 0 amide bonds. The summed E-state index contributed by atoms with van der Waals surface area (Å²) in [5.41, 5.74) is -0.0359. The summed E-state index contributed by atoms with van der Waals surface area (Å²) < 4.78 is 0. The molecule has 1 N–H and O–H groups in total. The van der Waals surface area contributed by atoms with Crippen molar-refractivity contribution in [2.24, 2.45) is 0 Å². The highest BCUT2D eigenvalue weighted by molar-refractivity contribution is 5.70. The van der Waals surface area contributed by atoms with Gasteiger partial charge in [-0.2, -0.15) is 0 Å². The first kappa shape index (κ1) is 15.1. The quantitative estimate of drug-likeness (QED) is 0.575. The van der Waals surface area contributed by atoms with Crippen LogP contribution in [0.5, 0.6) is 0 Å². The van der Waals surface area contributed by atoms with Gasteiger partial charge in [0.1, 0.15) is 6.33 Å². The van der Waals surface area contributed by atoms with E-state index in [-0.39, 0.29) is 11.5 Å². The summed E-state index contributed by atoms with van der Waals surface area (Å²) in [6, 6.07) is 0. The van der Waals surface area contributed by atoms with Crippen LogP contribution in [-0.4, -0.2) is 34.5 Å². The highest BCUT2D eigenvalue weighted by Crippen LogP contribution is 2.31. The van der Waals surface area contributed by atoms with Crippen molar-refractivity contribution in [3.05, 3.63) is 16.4 Å². The Morgan fingerprint density at radius 1 is 1.26 bits per heavy atom. The SMILES string of the molecule is CCCN(CCC)c1ncnc(NCC)c1[N+](=O)[O-]. The molecule has 7 heteroatoms. The fourth-order valence-electron chi connectivity index (χ4n) is 1.93. The van der Waals surface area contributed by atoms with E-state index in [1.165, 1.54) is 6.33 Å². The molecule has 0 radical (unpaired) electrons. The van der Waals surface area contributed by atoms with Crippen molar-refractivity contribution in [1.29, 1.82) is 0 Å². The molecule has 0 unspecified atom stereocenters. The van der Waals surface area contributed by atoms with Crippen LogP contribution >= 0.6 is 0 Å². The third kappa shape index (κ3) is 3.77. The highest BCUT2D eigenvalue weighted by Gasteiger charge is 2.25. The van der Waals surface area contributed by atoms with Crippen molar-refractivity contribution in [2.45, 2.75) is 33.6 Å². The fraction of sp³-hybridized carbons (Fsp3) is 0.667. The first-order chi connectivity index (χ1) is 9.15. The number of anilines is 2. The minimum Gasteiger partial charge on any atom is -0.364 e. The van der Waals surface area contributed by atoms with Crippen molar-refractivity contribution >= 4 is 17.3 Å². The van der Waals surface area contributed by atoms with Crippen LogP contribution in [0.1, 0.15) is 33.6 Å². The Labute approximate surface area is 113 Å². The van der Waals surface area contributed by atoms with E-state index in [0.29, 0.717) is 12.4 Å². The molecule has 1 rings (SSSR count). The van der Waals surface area contributed by atoms with Gasteiger partial charge < -0.3 is 10.2 Å². The van der Waals surface area contributed by atoms with Crippen molar-refractivity contribution in [3.8, 4) is 0 Å². The van der Waals surface area contributed by atoms with Gasteiger partial charge in [0.2, 0.25) is 11.6 Å². The molecule has 0 atom stereocenters. The third-order valence-electron chi connectivity index (χ3n) is 2.62. The maximum absolute atomic E-state index is 11.3. The molecule has 0 spiro atoms. The zero-order valence-corrected chi connectivity index (χ0v) is 11.7. The second kappa shape index (κ2) is 7.50. The van der Waals surface area contributed by atoms with Crippen molar-refractivity contribution in [2.75, 3.05) is 29.9 Å². The topological polar surface area (TPSA) is 84.2 Å². The molecule has 0 bridgehead atoms. The van der Waals surface area contributed by atoms with Gasteiger partial charge in [0, 0.05) is 19.6 Å². The van der Waals surface area contributed by atoms with E-state index in [9.17, 15) is 10.1 Å². The minimum atomic E-state index is -0.411. The number of nitrogens with one attached hydrogen (secondary N) is 1. The Kier molecular flexibility index (Phi) is 5.98. The smallest absolute Gasteiger partial charge is 0.353 e. The maximum Gasteiger partial charge on any atom is 0.353 e. The van der Waals surface area contributed by atoms with Crippen molar-refractivity contribution < 1.29 is 4.92 Å². The second-order valence-electron chi connectivity index (χ2n) is 4.17. The monoisotopic (exact) mass is 267 g/mol. The first-order valence-electron chi connectivity index (χ1n) is 6.63. The standard InChI is InChI=1S/C12H21N5O2/c1-4-7-16(8-5-2)12-10(17(18)19)11(13-6-3)14-9-15-12/h9H,4-8H2,1-3H3,(H,13,14,15). The lowest BCUT2D eigenvalue weighted by atomic mass is 10.3. The average molecular weight is 267 g/mol. The van der Waals surface area contributed by atoms with Gasteiger partial charge in [0.15, 0.2) is 0 Å². The number of rotatable bonds is 8. The average Bonchev–Trinajstić information content (AvgIpc) is 2.38. The van der Waals surface area contributed by atoms with Crippen LogP contribution in [0.25, 0.3) is 0 Å². The lowest BCUT2D eigenvalue weighted by Gasteiger charge is -2.22. The molecule has 0 aliphatic rings. The van der Waals surface area contributed by atoms with Gasteiger partial charge in [-0.25, -0.2) is 9.97 Å². The molecule has 1 heterocycles. The molecular formula is C12H21N5O2. The van der Waals surface area contributed by atoms with Crippen LogP contribution < -0.4 is 10.2 Å². The molecule has 1 aromatic heterocycles. The Morgan fingerprint density at radius 2 is 1.89 bits per heavy atom. The summed E-state index contributed by atoms with van der Waals surface area (Å²) in [5, 5.41) is 14.2. The predicted octanol–water partition coefficient (Wildman–Crippen LogP) is 2.44. The van der Waals surface area contributed by atoms with Gasteiger partial charge in [-0.05, 0) is 19.8 Å². The zero-order valence-electron chi connectivity index (χ0n) is 11.7. The maximum atomic E-state index is 11.3. The van der Waals surface area contributed by atoms with Gasteiger partial charge in [-0.15, -0.1) is 0 Å². The van der Waals surface area contributed by atoms with E-state index < -0.39 is 4.92 Å². The predicted molar refractivity (Wildman–Crippen MR) is 75.6 cm³/mol. The normalized spacial score (nSPS) is 10.3. The number of hydrogen-bond acceptors (Lipinski definition) is 6. The number of hydrogen-bond donors (Lipinski definition) is 1. The highest BCUT2D eigenvalue weighted by atomic mass is 16.6. The molecule has 0 aromatic carbocycles. The van der Waals surface area contributed by atoms with Crippen LogP contribution in [0.3, 0.4) is 0 Å².